The SMILES string of the molecule is CCCCCCCCC(=O)Nc1cc2nc3[nH]c(=O)n(Cc4ccccc4)c(=O)c3nc2cc1C. The third-order valence-corrected chi connectivity index (χ3v) is 6.14. The Hall–Kier alpha value is -3.81. The van der Waals surface area contributed by atoms with Crippen LogP contribution in [0.15, 0.2) is 52.1 Å². The van der Waals surface area contributed by atoms with Crippen molar-refractivity contribution in [3.8, 4) is 0 Å². The fraction of sp³-hybridized carbons (Fsp3) is 0.370. The molecule has 0 spiro atoms. The van der Waals surface area contributed by atoms with Crippen LogP contribution < -0.4 is 16.6 Å². The van der Waals surface area contributed by atoms with Crippen LogP contribution in [0.5, 0.6) is 0 Å². The Morgan fingerprint density at radius 1 is 0.971 bits per heavy atom. The number of amides is 1. The number of fused-ring (bicyclic) bond motifs is 2. The van der Waals surface area contributed by atoms with Gasteiger partial charge in [0.25, 0.3) is 5.56 Å². The van der Waals surface area contributed by atoms with Crippen molar-refractivity contribution in [1.82, 2.24) is 19.5 Å². The van der Waals surface area contributed by atoms with E-state index < -0.39 is 11.2 Å². The summed E-state index contributed by atoms with van der Waals surface area (Å²) in [5, 5.41) is 2.97. The minimum atomic E-state index is -0.542. The molecule has 2 aromatic carbocycles. The first-order chi connectivity index (χ1) is 17.0. The van der Waals surface area contributed by atoms with E-state index in [1.165, 1.54) is 19.3 Å². The van der Waals surface area contributed by atoms with Gasteiger partial charge in [-0.25, -0.2) is 14.8 Å². The van der Waals surface area contributed by atoms with Gasteiger partial charge in [-0.15, -0.1) is 0 Å². The Kier molecular flexibility index (Phi) is 7.70. The van der Waals surface area contributed by atoms with Crippen LogP contribution in [0.25, 0.3) is 22.2 Å². The minimum absolute atomic E-state index is 0.0334. The fourth-order valence-electron chi connectivity index (χ4n) is 4.16. The number of nitrogens with one attached hydrogen (secondary N) is 2. The average Bonchev–Trinajstić information content (AvgIpc) is 2.84. The van der Waals surface area contributed by atoms with Gasteiger partial charge in [0.05, 0.1) is 17.6 Å². The molecule has 0 aliphatic heterocycles. The molecule has 2 heterocycles. The highest BCUT2D eigenvalue weighted by Crippen LogP contribution is 2.22. The second-order valence-corrected chi connectivity index (χ2v) is 8.95. The molecule has 1 amide bonds. The normalized spacial score (nSPS) is 11.3. The predicted molar refractivity (Wildman–Crippen MR) is 139 cm³/mol. The average molecular weight is 474 g/mol. The number of unbranched alkanes of at least 4 members (excludes halogenated alkanes) is 5. The van der Waals surface area contributed by atoms with Gasteiger partial charge in [-0.1, -0.05) is 69.4 Å². The van der Waals surface area contributed by atoms with Crippen LogP contribution in [-0.4, -0.2) is 25.4 Å². The Bertz CT molecular complexity index is 1460. The maximum Gasteiger partial charge on any atom is 0.330 e. The molecule has 0 atom stereocenters. The van der Waals surface area contributed by atoms with Gasteiger partial charge in [0, 0.05) is 12.1 Å². The molecule has 0 aliphatic rings. The van der Waals surface area contributed by atoms with Gasteiger partial charge >= 0.3 is 5.69 Å². The molecule has 4 aromatic rings. The Labute approximate surface area is 203 Å². The van der Waals surface area contributed by atoms with Gasteiger partial charge in [0.15, 0.2) is 11.2 Å². The monoisotopic (exact) mass is 473 g/mol. The van der Waals surface area contributed by atoms with Crippen LogP contribution in [-0.2, 0) is 11.3 Å². The summed E-state index contributed by atoms with van der Waals surface area (Å²) in [6, 6.07) is 12.8. The number of H-pyrrole nitrogens is 1. The summed E-state index contributed by atoms with van der Waals surface area (Å²) >= 11 is 0. The molecule has 0 aliphatic carbocycles. The minimum Gasteiger partial charge on any atom is -0.326 e. The zero-order valence-corrected chi connectivity index (χ0v) is 20.3. The molecule has 0 unspecified atom stereocenters. The van der Waals surface area contributed by atoms with E-state index in [0.717, 1.165) is 35.0 Å². The highest BCUT2D eigenvalue weighted by atomic mass is 16.2. The number of aryl methyl sites for hydroxylation is 1. The largest absolute Gasteiger partial charge is 0.330 e. The molecule has 0 saturated heterocycles. The summed E-state index contributed by atoms with van der Waals surface area (Å²) in [6.45, 7) is 4.21. The van der Waals surface area contributed by atoms with Crippen molar-refractivity contribution in [2.24, 2.45) is 0 Å². The zero-order chi connectivity index (χ0) is 24.8. The van der Waals surface area contributed by atoms with Crippen molar-refractivity contribution in [1.29, 1.82) is 0 Å². The smallest absolute Gasteiger partial charge is 0.326 e. The van der Waals surface area contributed by atoms with Crippen LogP contribution in [0, 0.1) is 6.92 Å². The number of carbonyl (C=O) groups excluding carboxylic acids is 1. The van der Waals surface area contributed by atoms with Gasteiger partial charge in [0.1, 0.15) is 0 Å². The van der Waals surface area contributed by atoms with Gasteiger partial charge in [-0.05, 0) is 36.6 Å². The number of rotatable bonds is 10. The maximum atomic E-state index is 13.1. The molecule has 8 nitrogen and oxygen atoms in total. The fourth-order valence-corrected chi connectivity index (χ4v) is 4.16. The van der Waals surface area contributed by atoms with Gasteiger partial charge < -0.3 is 5.32 Å². The van der Waals surface area contributed by atoms with Gasteiger partial charge in [-0.3, -0.25) is 19.1 Å². The van der Waals surface area contributed by atoms with E-state index >= 15 is 0 Å². The molecule has 0 radical (unpaired) electrons. The number of hydrogen-bond acceptors (Lipinski definition) is 5. The molecule has 2 N–H and O–H groups in total. The van der Waals surface area contributed by atoms with Crippen molar-refractivity contribution in [2.45, 2.75) is 65.3 Å². The molecule has 8 heteroatoms. The Morgan fingerprint density at radius 3 is 2.46 bits per heavy atom. The highest BCUT2D eigenvalue weighted by Gasteiger charge is 2.14. The first kappa shape index (κ1) is 24.3. The maximum absolute atomic E-state index is 13.1. The molecular weight excluding hydrogens is 442 g/mol. The van der Waals surface area contributed by atoms with Crippen molar-refractivity contribution in [2.75, 3.05) is 5.32 Å². The summed E-state index contributed by atoms with van der Waals surface area (Å²) in [5.41, 5.74) is 2.55. The lowest BCUT2D eigenvalue weighted by Gasteiger charge is -2.11. The molecule has 2 aromatic heterocycles. The summed E-state index contributed by atoms with van der Waals surface area (Å²) < 4.78 is 1.13. The van der Waals surface area contributed by atoms with E-state index in [9.17, 15) is 14.4 Å². The molecule has 182 valence electrons. The Morgan fingerprint density at radius 2 is 1.69 bits per heavy atom. The van der Waals surface area contributed by atoms with Gasteiger partial charge in [-0.2, -0.15) is 0 Å². The van der Waals surface area contributed by atoms with E-state index in [2.05, 4.69) is 27.2 Å². The first-order valence-corrected chi connectivity index (χ1v) is 12.2. The molecule has 35 heavy (non-hydrogen) atoms. The summed E-state index contributed by atoms with van der Waals surface area (Å²) in [4.78, 5) is 49.8. The third kappa shape index (κ3) is 5.82. The second kappa shape index (κ2) is 11.1. The van der Waals surface area contributed by atoms with Crippen LogP contribution in [0.2, 0.25) is 0 Å². The third-order valence-electron chi connectivity index (χ3n) is 6.14. The number of carbonyl (C=O) groups is 1. The topological polar surface area (TPSA) is 110 Å². The first-order valence-electron chi connectivity index (χ1n) is 12.2. The van der Waals surface area contributed by atoms with Crippen LogP contribution in [0.1, 0.15) is 63.0 Å². The van der Waals surface area contributed by atoms with Crippen molar-refractivity contribution in [3.05, 3.63) is 74.4 Å². The summed E-state index contributed by atoms with van der Waals surface area (Å²) in [7, 11) is 0. The highest BCUT2D eigenvalue weighted by molar-refractivity contribution is 5.95. The standard InChI is InChI=1S/C27H31N5O3/c1-3-4-5-6-7-11-14-23(33)28-20-16-22-21(15-18(20)2)29-24-25(30-22)31-27(35)32(26(24)34)17-19-12-9-8-10-13-19/h8-10,12-13,15-16H,3-7,11,14,17H2,1-2H3,(H,28,33)(H,30,31,35). The number of anilines is 1. The lowest BCUT2D eigenvalue weighted by atomic mass is 10.1. The van der Waals surface area contributed by atoms with E-state index in [4.69, 9.17) is 0 Å². The van der Waals surface area contributed by atoms with Crippen molar-refractivity contribution < 1.29 is 4.79 Å². The number of aromatic amines is 1. The van der Waals surface area contributed by atoms with E-state index in [1.807, 2.05) is 37.3 Å². The number of aromatic nitrogens is 4. The predicted octanol–water partition coefficient (Wildman–Crippen LogP) is 4.68. The number of nitrogens with zero attached hydrogens (tertiary/aromatic N) is 3. The van der Waals surface area contributed by atoms with E-state index in [-0.39, 0.29) is 23.6 Å². The van der Waals surface area contributed by atoms with Crippen molar-refractivity contribution in [3.63, 3.8) is 0 Å². The summed E-state index contributed by atoms with van der Waals surface area (Å²) in [6.07, 6.45) is 7.21. The quantitative estimate of drug-likeness (QED) is 0.257. The van der Waals surface area contributed by atoms with Crippen LogP contribution in [0.4, 0.5) is 5.69 Å². The number of benzene rings is 2. The van der Waals surface area contributed by atoms with Crippen LogP contribution in [0.3, 0.4) is 0 Å². The zero-order valence-electron chi connectivity index (χ0n) is 20.3. The van der Waals surface area contributed by atoms with Gasteiger partial charge in [0.2, 0.25) is 5.91 Å². The molecule has 0 bridgehead atoms. The molecular formula is C27H31N5O3. The van der Waals surface area contributed by atoms with E-state index in [0.29, 0.717) is 23.1 Å². The Balaban J connectivity index is 1.57. The van der Waals surface area contributed by atoms with E-state index in [1.54, 1.807) is 12.1 Å². The van der Waals surface area contributed by atoms with Crippen molar-refractivity contribution >= 4 is 33.8 Å². The number of hydrogen-bond donors (Lipinski definition) is 2. The molecule has 0 saturated carbocycles. The lowest BCUT2D eigenvalue weighted by molar-refractivity contribution is -0.116. The molecule has 4 rings (SSSR count). The lowest BCUT2D eigenvalue weighted by Crippen LogP contribution is -2.36. The molecule has 0 fully saturated rings. The van der Waals surface area contributed by atoms with Crippen LogP contribution >= 0.6 is 0 Å². The second-order valence-electron chi connectivity index (χ2n) is 8.95. The summed E-state index contributed by atoms with van der Waals surface area (Å²) in [5.74, 6) is -0.0334.